The fraction of sp³-hybridized carbons (Fsp3) is 0.0323. The lowest BCUT2D eigenvalue weighted by Crippen LogP contribution is -2.28. The molecule has 0 amide bonds. The quantitative estimate of drug-likeness (QED) is 0.267. The molecule has 0 aromatic heterocycles. The minimum absolute atomic E-state index is 0.840. The van der Waals surface area contributed by atoms with Crippen molar-refractivity contribution < 1.29 is 5.11 Å². The molecule has 0 saturated carbocycles. The lowest BCUT2D eigenvalue weighted by Gasteiger charge is -2.34. The van der Waals surface area contributed by atoms with Crippen molar-refractivity contribution in [3.63, 3.8) is 0 Å². The number of halogens is 1. The standard InChI is InChI=1S/C31H22BrNO/c32-22-19-20-26-25-15-7-8-16-27(25)31(34,29(26)21-22)28-17-9-10-18-30(28)33(23-11-3-1-4-12-23)24-13-5-2-6-14-24/h1-21,34H. The third kappa shape index (κ3) is 3.20. The molecule has 0 spiro atoms. The van der Waals surface area contributed by atoms with E-state index in [-0.39, 0.29) is 0 Å². The summed E-state index contributed by atoms with van der Waals surface area (Å²) in [6.07, 6.45) is 0. The predicted molar refractivity (Wildman–Crippen MR) is 143 cm³/mol. The number of hydrogen-bond acceptors (Lipinski definition) is 2. The van der Waals surface area contributed by atoms with Gasteiger partial charge in [-0.2, -0.15) is 0 Å². The number of aliphatic hydroxyl groups is 1. The Morgan fingerprint density at radius 3 is 1.74 bits per heavy atom. The zero-order valence-electron chi connectivity index (χ0n) is 18.4. The van der Waals surface area contributed by atoms with Gasteiger partial charge in [0.05, 0.1) is 5.69 Å². The van der Waals surface area contributed by atoms with Crippen molar-refractivity contribution in [3.05, 3.63) is 149 Å². The molecule has 1 aliphatic carbocycles. The van der Waals surface area contributed by atoms with Crippen molar-refractivity contribution in [2.45, 2.75) is 5.60 Å². The van der Waals surface area contributed by atoms with Gasteiger partial charge in [0, 0.05) is 32.5 Å². The monoisotopic (exact) mass is 503 g/mol. The molecular weight excluding hydrogens is 482 g/mol. The van der Waals surface area contributed by atoms with Crippen LogP contribution in [0.2, 0.25) is 0 Å². The van der Waals surface area contributed by atoms with Gasteiger partial charge in [-0.3, -0.25) is 0 Å². The van der Waals surface area contributed by atoms with Crippen molar-refractivity contribution in [3.8, 4) is 11.1 Å². The Bertz CT molecular complexity index is 1440. The Balaban J connectivity index is 1.66. The van der Waals surface area contributed by atoms with Gasteiger partial charge in [0.1, 0.15) is 5.60 Å². The van der Waals surface area contributed by atoms with Crippen LogP contribution in [0.15, 0.2) is 132 Å². The molecule has 6 rings (SSSR count). The van der Waals surface area contributed by atoms with E-state index in [2.05, 4.69) is 63.3 Å². The van der Waals surface area contributed by atoms with Crippen LogP contribution in [-0.2, 0) is 5.60 Å². The molecule has 0 bridgehead atoms. The van der Waals surface area contributed by atoms with Crippen LogP contribution < -0.4 is 4.90 Å². The molecule has 1 atom stereocenters. The Morgan fingerprint density at radius 1 is 0.529 bits per heavy atom. The molecule has 2 nitrogen and oxygen atoms in total. The van der Waals surface area contributed by atoms with Crippen LogP contribution in [0.4, 0.5) is 17.1 Å². The lowest BCUT2D eigenvalue weighted by atomic mass is 9.83. The van der Waals surface area contributed by atoms with E-state index in [0.717, 1.165) is 49.4 Å². The normalized spacial score (nSPS) is 16.1. The summed E-state index contributed by atoms with van der Waals surface area (Å²) >= 11 is 3.63. The Labute approximate surface area is 207 Å². The summed E-state index contributed by atoms with van der Waals surface area (Å²) in [5.41, 5.74) is 6.45. The third-order valence-corrected chi connectivity index (χ3v) is 7.04. The van der Waals surface area contributed by atoms with Crippen LogP contribution in [0.3, 0.4) is 0 Å². The number of rotatable bonds is 4. The van der Waals surface area contributed by atoms with Crippen LogP contribution >= 0.6 is 15.9 Å². The summed E-state index contributed by atoms with van der Waals surface area (Å²) in [5.74, 6) is 0. The van der Waals surface area contributed by atoms with E-state index in [1.807, 2.05) is 84.9 Å². The second-order valence-corrected chi connectivity index (χ2v) is 9.39. The Kier molecular flexibility index (Phi) is 5.09. The minimum atomic E-state index is -1.30. The fourth-order valence-corrected chi connectivity index (χ4v) is 5.44. The Morgan fingerprint density at radius 2 is 1.06 bits per heavy atom. The molecule has 3 heteroatoms. The zero-order valence-corrected chi connectivity index (χ0v) is 20.0. The second kappa shape index (κ2) is 8.28. The Hall–Kier alpha value is -3.66. The second-order valence-electron chi connectivity index (χ2n) is 8.47. The van der Waals surface area contributed by atoms with Gasteiger partial charge in [-0.1, -0.05) is 101 Å². The van der Waals surface area contributed by atoms with Gasteiger partial charge in [0.2, 0.25) is 0 Å². The van der Waals surface area contributed by atoms with E-state index in [9.17, 15) is 5.11 Å². The molecule has 1 unspecified atom stereocenters. The molecule has 0 heterocycles. The first-order chi connectivity index (χ1) is 16.7. The summed E-state index contributed by atoms with van der Waals surface area (Å²) in [6, 6.07) is 43.1. The van der Waals surface area contributed by atoms with E-state index >= 15 is 0 Å². The fourth-order valence-electron chi connectivity index (χ4n) is 5.08. The first-order valence-corrected chi connectivity index (χ1v) is 12.1. The van der Waals surface area contributed by atoms with Gasteiger partial charge in [-0.25, -0.2) is 0 Å². The van der Waals surface area contributed by atoms with Crippen LogP contribution in [-0.4, -0.2) is 5.11 Å². The van der Waals surface area contributed by atoms with Crippen molar-refractivity contribution in [1.82, 2.24) is 0 Å². The van der Waals surface area contributed by atoms with E-state index in [1.54, 1.807) is 0 Å². The maximum atomic E-state index is 12.7. The molecule has 0 saturated heterocycles. The average molecular weight is 504 g/mol. The van der Waals surface area contributed by atoms with E-state index in [1.165, 1.54) is 0 Å². The summed E-state index contributed by atoms with van der Waals surface area (Å²) in [5, 5.41) is 12.7. The van der Waals surface area contributed by atoms with Crippen molar-refractivity contribution in [1.29, 1.82) is 0 Å². The molecule has 1 N–H and O–H groups in total. The number of anilines is 3. The number of benzene rings is 5. The highest BCUT2D eigenvalue weighted by Crippen LogP contribution is 2.54. The number of nitrogens with zero attached hydrogens (tertiary/aromatic N) is 1. The van der Waals surface area contributed by atoms with E-state index in [4.69, 9.17) is 0 Å². The van der Waals surface area contributed by atoms with E-state index < -0.39 is 5.60 Å². The SMILES string of the molecule is OC1(c2ccccc2N(c2ccccc2)c2ccccc2)c2ccccc2-c2ccc(Br)cc21. The van der Waals surface area contributed by atoms with E-state index in [0.29, 0.717) is 0 Å². The van der Waals surface area contributed by atoms with Crippen LogP contribution in [0.1, 0.15) is 16.7 Å². The minimum Gasteiger partial charge on any atom is -0.376 e. The van der Waals surface area contributed by atoms with Gasteiger partial charge in [0.25, 0.3) is 0 Å². The first-order valence-electron chi connectivity index (χ1n) is 11.3. The summed E-state index contributed by atoms with van der Waals surface area (Å²) in [6.45, 7) is 0. The smallest absolute Gasteiger partial charge is 0.143 e. The first kappa shape index (κ1) is 20.9. The largest absolute Gasteiger partial charge is 0.376 e. The maximum Gasteiger partial charge on any atom is 0.143 e. The average Bonchev–Trinajstić information content (AvgIpc) is 3.14. The van der Waals surface area contributed by atoms with Gasteiger partial charge in [-0.05, 0) is 53.6 Å². The number of hydrogen-bond donors (Lipinski definition) is 1. The van der Waals surface area contributed by atoms with Crippen LogP contribution in [0, 0.1) is 0 Å². The molecule has 1 aliphatic rings. The van der Waals surface area contributed by atoms with Gasteiger partial charge in [0.15, 0.2) is 0 Å². The zero-order chi connectivity index (χ0) is 23.1. The number of para-hydroxylation sites is 3. The summed E-state index contributed by atoms with van der Waals surface area (Å²) < 4.78 is 0.943. The van der Waals surface area contributed by atoms with Crippen molar-refractivity contribution in [2.75, 3.05) is 4.90 Å². The summed E-state index contributed by atoms with van der Waals surface area (Å²) in [4.78, 5) is 2.21. The highest BCUT2D eigenvalue weighted by atomic mass is 79.9. The molecule has 0 fully saturated rings. The highest BCUT2D eigenvalue weighted by molar-refractivity contribution is 9.10. The molecule has 0 aliphatic heterocycles. The van der Waals surface area contributed by atoms with Gasteiger partial charge in [-0.15, -0.1) is 0 Å². The summed E-state index contributed by atoms with van der Waals surface area (Å²) in [7, 11) is 0. The molecule has 34 heavy (non-hydrogen) atoms. The van der Waals surface area contributed by atoms with Crippen molar-refractivity contribution in [2.24, 2.45) is 0 Å². The lowest BCUT2D eigenvalue weighted by molar-refractivity contribution is 0.131. The van der Waals surface area contributed by atoms with Crippen LogP contribution in [0.5, 0.6) is 0 Å². The molecule has 5 aromatic carbocycles. The topological polar surface area (TPSA) is 23.5 Å². The molecule has 0 radical (unpaired) electrons. The highest BCUT2D eigenvalue weighted by Gasteiger charge is 2.45. The molecule has 5 aromatic rings. The predicted octanol–water partition coefficient (Wildman–Crippen LogP) is 8.18. The van der Waals surface area contributed by atoms with Gasteiger partial charge >= 0.3 is 0 Å². The van der Waals surface area contributed by atoms with Crippen LogP contribution in [0.25, 0.3) is 11.1 Å². The third-order valence-electron chi connectivity index (χ3n) is 6.54. The molecule has 164 valence electrons. The molecular formula is C31H22BrNO. The number of fused-ring (bicyclic) bond motifs is 3. The van der Waals surface area contributed by atoms with Crippen molar-refractivity contribution >= 4 is 33.0 Å². The maximum absolute atomic E-state index is 12.7. The van der Waals surface area contributed by atoms with Gasteiger partial charge < -0.3 is 10.0 Å².